The van der Waals surface area contributed by atoms with Gasteiger partial charge in [-0.25, -0.2) is 0 Å². The topological polar surface area (TPSA) is 104 Å². The zero-order valence-corrected chi connectivity index (χ0v) is 42.1. The number of ether oxygens (including phenoxy) is 5. The van der Waals surface area contributed by atoms with E-state index in [1.54, 1.807) is 0 Å². The zero-order chi connectivity index (χ0) is 46.7. The highest BCUT2D eigenvalue weighted by atomic mass is 16.7. The van der Waals surface area contributed by atoms with Crippen LogP contribution in [0.2, 0.25) is 0 Å². The number of aliphatic hydroxyl groups is 1. The molecular formula is C55H101NO8. The normalized spacial score (nSPS) is 12.7. The Morgan fingerprint density at radius 1 is 0.422 bits per heavy atom. The molecular weight excluding hydrogens is 803 g/mol. The standard InChI is InChI=1S/C55H101NO8/c1-5-9-13-17-18-26-38-52(60-47-33-21-14-10-6-2)39-27-28-40-53(58)61-48-34-24-19-31-43-56(45-46-57)44-32-20-25-35-49-62-54(59)41-29-30-42-55(63-50-36-22-15-11-7-3)64-51-37-23-16-12-8-4/h9-16,52,55,57H,5-8,17-51H2,1-4H3/b13-9-,14-10-,15-11-,16-12-. The molecule has 0 amide bonds. The number of hydrogen-bond donors (Lipinski definition) is 1. The van der Waals surface area contributed by atoms with E-state index < -0.39 is 0 Å². The lowest BCUT2D eigenvalue weighted by Gasteiger charge is -2.21. The summed E-state index contributed by atoms with van der Waals surface area (Å²) in [4.78, 5) is 27.1. The SMILES string of the molecule is CC/C=C\CCCCC(CCCCC(=O)OCCCCCCN(CCO)CCCCCCOC(=O)CCCCC(OCCC/C=C\CC)OCCC/C=C\CC)OCCC/C=C\CC. The lowest BCUT2D eigenvalue weighted by molar-refractivity contribution is -0.149. The molecule has 9 nitrogen and oxygen atoms in total. The van der Waals surface area contributed by atoms with Gasteiger partial charge in [-0.1, -0.05) is 115 Å². The van der Waals surface area contributed by atoms with Crippen LogP contribution in [0.5, 0.6) is 0 Å². The first-order chi connectivity index (χ1) is 31.5. The van der Waals surface area contributed by atoms with Crippen LogP contribution in [-0.2, 0) is 33.3 Å². The molecule has 0 aliphatic carbocycles. The Hall–Kier alpha value is -2.30. The number of carbonyl (C=O) groups is 2. The summed E-state index contributed by atoms with van der Waals surface area (Å²) in [5, 5.41) is 9.60. The van der Waals surface area contributed by atoms with Crippen molar-refractivity contribution in [2.45, 2.75) is 233 Å². The van der Waals surface area contributed by atoms with E-state index in [1.807, 2.05) is 0 Å². The molecule has 0 aromatic heterocycles. The van der Waals surface area contributed by atoms with Gasteiger partial charge < -0.3 is 33.7 Å². The number of carbonyl (C=O) groups excluding carboxylic acids is 2. The Labute approximate surface area is 394 Å². The maximum Gasteiger partial charge on any atom is 0.305 e. The van der Waals surface area contributed by atoms with Crippen LogP contribution in [0.15, 0.2) is 48.6 Å². The third kappa shape index (κ3) is 46.2. The molecule has 0 saturated carbocycles. The Balaban J connectivity index is 4.07. The Kier molecular flexibility index (Phi) is 49.8. The minimum absolute atomic E-state index is 0.0781. The van der Waals surface area contributed by atoms with E-state index in [9.17, 15) is 14.7 Å². The highest BCUT2D eigenvalue weighted by molar-refractivity contribution is 5.69. The predicted octanol–water partition coefficient (Wildman–Crippen LogP) is 14.1. The first-order valence-electron chi connectivity index (χ1n) is 26.6. The lowest BCUT2D eigenvalue weighted by atomic mass is 10.0. The van der Waals surface area contributed by atoms with Gasteiger partial charge in [-0.3, -0.25) is 9.59 Å². The molecule has 0 aliphatic rings. The molecule has 0 saturated heterocycles. The Morgan fingerprint density at radius 2 is 0.828 bits per heavy atom. The maximum atomic E-state index is 12.4. The number of rotatable bonds is 50. The molecule has 0 spiro atoms. The average molecular weight is 904 g/mol. The molecule has 0 heterocycles. The van der Waals surface area contributed by atoms with Gasteiger partial charge in [-0.15, -0.1) is 0 Å². The van der Waals surface area contributed by atoms with E-state index in [1.165, 1.54) is 12.8 Å². The monoisotopic (exact) mass is 904 g/mol. The largest absolute Gasteiger partial charge is 0.466 e. The quantitative estimate of drug-likeness (QED) is 0.0277. The molecule has 1 unspecified atom stereocenters. The summed E-state index contributed by atoms with van der Waals surface area (Å²) in [7, 11) is 0. The Morgan fingerprint density at radius 3 is 1.28 bits per heavy atom. The van der Waals surface area contributed by atoms with E-state index in [4.69, 9.17) is 23.7 Å². The van der Waals surface area contributed by atoms with Crippen molar-refractivity contribution in [3.8, 4) is 0 Å². The van der Waals surface area contributed by atoms with Gasteiger partial charge in [-0.2, -0.15) is 0 Å². The summed E-state index contributed by atoms with van der Waals surface area (Å²) in [5.74, 6) is -0.193. The minimum Gasteiger partial charge on any atom is -0.466 e. The fraction of sp³-hybridized carbons (Fsp3) is 0.818. The maximum absolute atomic E-state index is 12.4. The van der Waals surface area contributed by atoms with Gasteiger partial charge in [0.2, 0.25) is 0 Å². The summed E-state index contributed by atoms with van der Waals surface area (Å²) in [6, 6.07) is 0. The second-order valence-corrected chi connectivity index (χ2v) is 17.2. The summed E-state index contributed by atoms with van der Waals surface area (Å²) >= 11 is 0. The van der Waals surface area contributed by atoms with Crippen LogP contribution in [0.25, 0.3) is 0 Å². The van der Waals surface area contributed by atoms with Gasteiger partial charge in [-0.05, 0) is 154 Å². The highest BCUT2D eigenvalue weighted by Gasteiger charge is 2.12. The number of hydrogen-bond acceptors (Lipinski definition) is 9. The number of esters is 2. The third-order valence-electron chi connectivity index (χ3n) is 11.2. The van der Waals surface area contributed by atoms with Crippen LogP contribution in [0.3, 0.4) is 0 Å². The second kappa shape index (κ2) is 51.7. The van der Waals surface area contributed by atoms with Crippen molar-refractivity contribution in [2.75, 3.05) is 59.3 Å². The zero-order valence-electron chi connectivity index (χ0n) is 42.1. The van der Waals surface area contributed by atoms with Gasteiger partial charge in [0.1, 0.15) is 0 Å². The molecule has 0 aromatic carbocycles. The molecule has 0 aromatic rings. The van der Waals surface area contributed by atoms with Crippen LogP contribution < -0.4 is 0 Å². The molecule has 0 aliphatic heterocycles. The summed E-state index contributed by atoms with van der Waals surface area (Å²) in [5.41, 5.74) is 0. The first kappa shape index (κ1) is 61.7. The van der Waals surface area contributed by atoms with Gasteiger partial charge >= 0.3 is 11.9 Å². The van der Waals surface area contributed by atoms with Crippen LogP contribution in [0, 0.1) is 0 Å². The summed E-state index contributed by atoms with van der Waals surface area (Å²) in [6.07, 6.45) is 47.4. The molecule has 0 radical (unpaired) electrons. The molecule has 0 bridgehead atoms. The fourth-order valence-electron chi connectivity index (χ4n) is 7.38. The van der Waals surface area contributed by atoms with Crippen molar-refractivity contribution in [3.05, 3.63) is 48.6 Å². The summed E-state index contributed by atoms with van der Waals surface area (Å²) < 4.78 is 29.5. The molecule has 1 N–H and O–H groups in total. The van der Waals surface area contributed by atoms with Gasteiger partial charge in [0, 0.05) is 26.0 Å². The van der Waals surface area contributed by atoms with E-state index in [0.29, 0.717) is 45.8 Å². The van der Waals surface area contributed by atoms with Gasteiger partial charge in [0.05, 0.1) is 39.1 Å². The molecule has 0 rings (SSSR count). The fourth-order valence-corrected chi connectivity index (χ4v) is 7.38. The van der Waals surface area contributed by atoms with Crippen molar-refractivity contribution in [2.24, 2.45) is 0 Å². The summed E-state index contributed by atoms with van der Waals surface area (Å²) in [6.45, 7) is 14.6. The number of unbranched alkanes of at least 4 members (excludes halogenated alkanes) is 13. The lowest BCUT2D eigenvalue weighted by Crippen LogP contribution is -2.29. The molecule has 374 valence electrons. The highest BCUT2D eigenvalue weighted by Crippen LogP contribution is 2.17. The first-order valence-corrected chi connectivity index (χ1v) is 26.6. The predicted molar refractivity (Wildman–Crippen MR) is 269 cm³/mol. The van der Waals surface area contributed by atoms with Crippen LogP contribution in [0.4, 0.5) is 0 Å². The van der Waals surface area contributed by atoms with E-state index >= 15 is 0 Å². The van der Waals surface area contributed by atoms with Crippen molar-refractivity contribution < 1.29 is 38.4 Å². The van der Waals surface area contributed by atoms with E-state index in [-0.39, 0.29) is 30.9 Å². The van der Waals surface area contributed by atoms with Crippen molar-refractivity contribution in [1.29, 1.82) is 0 Å². The van der Waals surface area contributed by atoms with Crippen molar-refractivity contribution in [1.82, 2.24) is 4.90 Å². The minimum atomic E-state index is -0.213. The molecule has 1 atom stereocenters. The van der Waals surface area contributed by atoms with E-state index in [0.717, 1.165) is 187 Å². The van der Waals surface area contributed by atoms with E-state index in [2.05, 4.69) is 81.2 Å². The smallest absolute Gasteiger partial charge is 0.305 e. The third-order valence-corrected chi connectivity index (χ3v) is 11.2. The molecule has 0 fully saturated rings. The number of nitrogens with zero attached hydrogens (tertiary/aromatic N) is 1. The van der Waals surface area contributed by atoms with Gasteiger partial charge in [0.15, 0.2) is 6.29 Å². The second-order valence-electron chi connectivity index (χ2n) is 17.2. The molecule has 64 heavy (non-hydrogen) atoms. The average Bonchev–Trinajstić information content (AvgIpc) is 3.29. The number of allylic oxidation sites excluding steroid dienone is 8. The van der Waals surface area contributed by atoms with Crippen LogP contribution in [0.1, 0.15) is 220 Å². The van der Waals surface area contributed by atoms with Crippen molar-refractivity contribution in [3.63, 3.8) is 0 Å². The van der Waals surface area contributed by atoms with Crippen LogP contribution in [-0.4, -0.2) is 93.6 Å². The van der Waals surface area contributed by atoms with Crippen molar-refractivity contribution >= 4 is 11.9 Å². The van der Waals surface area contributed by atoms with Crippen LogP contribution >= 0.6 is 0 Å². The number of aliphatic hydroxyl groups excluding tert-OH is 1. The Bertz CT molecular complexity index is 982. The van der Waals surface area contributed by atoms with Gasteiger partial charge in [0.25, 0.3) is 0 Å². The molecule has 9 heteroatoms.